The minimum Gasteiger partial charge on any atom is -0.497 e. The molecule has 2 heterocycles. The average Bonchev–Trinajstić information content (AvgIpc) is 3.11. The van der Waals surface area contributed by atoms with Crippen LogP contribution in [0.4, 0.5) is 0 Å². The summed E-state index contributed by atoms with van der Waals surface area (Å²) in [5.74, 6) is 0.630. The minimum atomic E-state index is -0.493. The van der Waals surface area contributed by atoms with Crippen molar-refractivity contribution in [3.8, 4) is 5.75 Å². The van der Waals surface area contributed by atoms with Crippen LogP contribution in [0.3, 0.4) is 0 Å². The van der Waals surface area contributed by atoms with Crippen LogP contribution in [-0.2, 0) is 0 Å². The third-order valence-corrected chi connectivity index (χ3v) is 6.29. The Morgan fingerprint density at radius 3 is 2.45 bits per heavy atom. The summed E-state index contributed by atoms with van der Waals surface area (Å²) in [5.41, 5.74) is 1.59. The third kappa shape index (κ3) is 3.56. The molecule has 5 rings (SSSR count). The number of benzene rings is 3. The van der Waals surface area contributed by atoms with Crippen LogP contribution in [0.25, 0.3) is 21.7 Å². The molecule has 0 saturated carbocycles. The standard InChI is InChI=1S/C27H26N2O4/c1-28(2)15-6-16-29-23(18-9-12-19(32-3)13-10-18)22-24(30)21-14-11-17-7-4-5-8-20(17)25(21)33-26(22)27(29)31/h4-5,7-14,23H,6,15-16H2,1-3H3/t23-/m1/s1. The van der Waals surface area contributed by atoms with Crippen molar-refractivity contribution in [2.24, 2.45) is 0 Å². The first-order valence-corrected chi connectivity index (χ1v) is 11.1. The van der Waals surface area contributed by atoms with E-state index in [9.17, 15) is 9.59 Å². The van der Waals surface area contributed by atoms with Crippen molar-refractivity contribution in [3.63, 3.8) is 0 Å². The molecule has 0 spiro atoms. The molecule has 6 heteroatoms. The molecule has 1 aliphatic rings. The highest BCUT2D eigenvalue weighted by atomic mass is 16.5. The predicted molar refractivity (Wildman–Crippen MR) is 129 cm³/mol. The van der Waals surface area contributed by atoms with Crippen LogP contribution < -0.4 is 10.2 Å². The van der Waals surface area contributed by atoms with Crippen LogP contribution in [0.15, 0.2) is 69.9 Å². The van der Waals surface area contributed by atoms with Crippen molar-refractivity contribution in [2.75, 3.05) is 34.3 Å². The largest absolute Gasteiger partial charge is 0.497 e. The Hall–Kier alpha value is -3.64. The van der Waals surface area contributed by atoms with E-state index >= 15 is 0 Å². The van der Waals surface area contributed by atoms with Gasteiger partial charge in [0, 0.05) is 11.9 Å². The van der Waals surface area contributed by atoms with E-state index in [0.29, 0.717) is 23.1 Å². The molecule has 4 aromatic rings. The maximum absolute atomic E-state index is 13.8. The van der Waals surface area contributed by atoms with Crippen molar-refractivity contribution in [2.45, 2.75) is 12.5 Å². The van der Waals surface area contributed by atoms with E-state index in [2.05, 4.69) is 4.90 Å². The first-order chi connectivity index (χ1) is 16.0. The topological polar surface area (TPSA) is 63.0 Å². The van der Waals surface area contributed by atoms with Crippen LogP contribution in [0.5, 0.6) is 5.75 Å². The van der Waals surface area contributed by atoms with Crippen LogP contribution in [0, 0.1) is 0 Å². The molecular weight excluding hydrogens is 416 g/mol. The van der Waals surface area contributed by atoms with Gasteiger partial charge in [-0.2, -0.15) is 0 Å². The average molecular weight is 443 g/mol. The smallest absolute Gasteiger partial charge is 0.290 e. The van der Waals surface area contributed by atoms with Crippen LogP contribution >= 0.6 is 0 Å². The number of carbonyl (C=O) groups excluding carboxylic acids is 1. The number of ether oxygens (including phenoxy) is 1. The Kier molecular flexibility index (Phi) is 5.38. The normalized spacial score (nSPS) is 15.6. The van der Waals surface area contributed by atoms with E-state index in [1.165, 1.54) is 0 Å². The molecule has 0 N–H and O–H groups in total. The molecule has 0 radical (unpaired) electrons. The van der Waals surface area contributed by atoms with Gasteiger partial charge in [-0.25, -0.2) is 0 Å². The Bertz CT molecular complexity index is 1410. The van der Waals surface area contributed by atoms with E-state index in [1.54, 1.807) is 18.1 Å². The number of methoxy groups -OCH3 is 1. The van der Waals surface area contributed by atoms with E-state index in [-0.39, 0.29) is 17.1 Å². The fourth-order valence-corrected chi connectivity index (χ4v) is 4.67. The second kappa shape index (κ2) is 8.37. The van der Waals surface area contributed by atoms with Gasteiger partial charge in [-0.3, -0.25) is 9.59 Å². The summed E-state index contributed by atoms with van der Waals surface area (Å²) in [6.45, 7) is 1.36. The van der Waals surface area contributed by atoms with Gasteiger partial charge in [-0.1, -0.05) is 42.5 Å². The van der Waals surface area contributed by atoms with Gasteiger partial charge in [0.05, 0.1) is 24.1 Å². The van der Waals surface area contributed by atoms with Crippen LogP contribution in [0.2, 0.25) is 0 Å². The highest BCUT2D eigenvalue weighted by Crippen LogP contribution is 2.39. The Morgan fingerprint density at radius 2 is 1.73 bits per heavy atom. The molecule has 0 unspecified atom stereocenters. The molecule has 6 nitrogen and oxygen atoms in total. The molecule has 0 saturated heterocycles. The summed E-state index contributed by atoms with van der Waals surface area (Å²) < 4.78 is 11.5. The second-order valence-corrected chi connectivity index (χ2v) is 8.67. The second-order valence-electron chi connectivity index (χ2n) is 8.67. The molecule has 1 atom stereocenters. The fraction of sp³-hybridized carbons (Fsp3) is 0.259. The molecule has 0 bridgehead atoms. The van der Waals surface area contributed by atoms with Gasteiger partial charge in [0.25, 0.3) is 5.91 Å². The van der Waals surface area contributed by atoms with Crippen LogP contribution in [-0.4, -0.2) is 50.0 Å². The van der Waals surface area contributed by atoms with Crippen molar-refractivity contribution in [1.82, 2.24) is 9.80 Å². The van der Waals surface area contributed by atoms with E-state index in [1.807, 2.05) is 68.7 Å². The lowest BCUT2D eigenvalue weighted by atomic mass is 9.97. The zero-order valence-electron chi connectivity index (χ0n) is 19.0. The van der Waals surface area contributed by atoms with E-state index in [0.717, 1.165) is 35.1 Å². The lowest BCUT2D eigenvalue weighted by Crippen LogP contribution is -2.32. The molecule has 1 aromatic heterocycles. The molecule has 168 valence electrons. The number of carbonyl (C=O) groups is 1. The Morgan fingerprint density at radius 1 is 0.970 bits per heavy atom. The van der Waals surface area contributed by atoms with E-state index in [4.69, 9.17) is 9.15 Å². The molecule has 3 aromatic carbocycles. The summed E-state index contributed by atoms with van der Waals surface area (Å²) in [6, 6.07) is 18.5. The van der Waals surface area contributed by atoms with Gasteiger partial charge in [0.15, 0.2) is 5.43 Å². The number of nitrogens with zero attached hydrogens (tertiary/aromatic N) is 2. The van der Waals surface area contributed by atoms with E-state index < -0.39 is 6.04 Å². The highest BCUT2D eigenvalue weighted by molar-refractivity contribution is 6.06. The van der Waals surface area contributed by atoms with Gasteiger partial charge in [-0.05, 0) is 56.2 Å². The fourth-order valence-electron chi connectivity index (χ4n) is 4.67. The number of amides is 1. The van der Waals surface area contributed by atoms with Crippen LogP contribution in [0.1, 0.15) is 34.1 Å². The van der Waals surface area contributed by atoms with Gasteiger partial charge in [0.2, 0.25) is 5.76 Å². The van der Waals surface area contributed by atoms with Crippen molar-refractivity contribution >= 4 is 27.6 Å². The molecule has 0 aliphatic carbocycles. The predicted octanol–water partition coefficient (Wildman–Crippen LogP) is 4.45. The zero-order valence-corrected chi connectivity index (χ0v) is 19.0. The lowest BCUT2D eigenvalue weighted by molar-refractivity contribution is 0.0722. The first-order valence-electron chi connectivity index (χ1n) is 11.1. The third-order valence-electron chi connectivity index (χ3n) is 6.29. The minimum absolute atomic E-state index is 0.148. The zero-order chi connectivity index (χ0) is 23.1. The van der Waals surface area contributed by atoms with Gasteiger partial charge >= 0.3 is 0 Å². The van der Waals surface area contributed by atoms with Crippen molar-refractivity contribution in [3.05, 3.63) is 87.8 Å². The molecular formula is C27H26N2O4. The van der Waals surface area contributed by atoms with Gasteiger partial charge in [0.1, 0.15) is 11.3 Å². The number of fused-ring (bicyclic) bond motifs is 4. The summed E-state index contributed by atoms with van der Waals surface area (Å²) in [5, 5.41) is 2.29. The molecule has 1 amide bonds. The highest BCUT2D eigenvalue weighted by Gasteiger charge is 2.42. The number of hydrogen-bond donors (Lipinski definition) is 0. The molecule has 33 heavy (non-hydrogen) atoms. The molecule has 1 aliphatic heterocycles. The van der Waals surface area contributed by atoms with Gasteiger partial charge in [-0.15, -0.1) is 0 Å². The SMILES string of the molecule is COc1ccc([C@@H]2c3c(oc4c(ccc5ccccc54)c3=O)C(=O)N2CCCN(C)C)cc1. The summed E-state index contributed by atoms with van der Waals surface area (Å²) in [4.78, 5) is 31.2. The van der Waals surface area contributed by atoms with Crippen molar-refractivity contribution in [1.29, 1.82) is 0 Å². The quantitative estimate of drug-likeness (QED) is 0.413. The number of hydrogen-bond acceptors (Lipinski definition) is 5. The lowest BCUT2D eigenvalue weighted by Gasteiger charge is -2.25. The van der Waals surface area contributed by atoms with Gasteiger partial charge < -0.3 is 19.0 Å². The summed E-state index contributed by atoms with van der Waals surface area (Å²) in [6.07, 6.45) is 0.788. The summed E-state index contributed by atoms with van der Waals surface area (Å²) >= 11 is 0. The monoisotopic (exact) mass is 442 g/mol. The Labute approximate surface area is 192 Å². The molecule has 0 fully saturated rings. The maximum Gasteiger partial charge on any atom is 0.290 e. The summed E-state index contributed by atoms with van der Waals surface area (Å²) in [7, 11) is 5.62. The first kappa shape index (κ1) is 21.2. The number of rotatable bonds is 6. The van der Waals surface area contributed by atoms with Crippen molar-refractivity contribution < 1.29 is 13.9 Å². The Balaban J connectivity index is 1.71. The maximum atomic E-state index is 13.8.